The summed E-state index contributed by atoms with van der Waals surface area (Å²) >= 11 is 0. The summed E-state index contributed by atoms with van der Waals surface area (Å²) in [5, 5.41) is 11.5. The first-order valence-corrected chi connectivity index (χ1v) is 12.1. The highest BCUT2D eigenvalue weighted by molar-refractivity contribution is 6.31. The van der Waals surface area contributed by atoms with Gasteiger partial charge in [0.1, 0.15) is 5.65 Å². The lowest BCUT2D eigenvalue weighted by Gasteiger charge is -2.15. The van der Waals surface area contributed by atoms with Crippen molar-refractivity contribution in [2.45, 2.75) is 13.8 Å². The summed E-state index contributed by atoms with van der Waals surface area (Å²) in [6.45, 7) is 4.35. The molecular formula is C33H22N2. The van der Waals surface area contributed by atoms with Crippen molar-refractivity contribution < 1.29 is 0 Å². The molecule has 0 bridgehead atoms. The molecule has 35 heavy (non-hydrogen) atoms. The minimum atomic E-state index is 1.02. The van der Waals surface area contributed by atoms with Gasteiger partial charge in [-0.05, 0) is 75.5 Å². The Labute approximate surface area is 202 Å². The van der Waals surface area contributed by atoms with Gasteiger partial charge in [-0.3, -0.25) is 4.40 Å². The van der Waals surface area contributed by atoms with Crippen molar-refractivity contribution in [3.63, 3.8) is 0 Å². The van der Waals surface area contributed by atoms with Gasteiger partial charge in [0.25, 0.3) is 0 Å². The summed E-state index contributed by atoms with van der Waals surface area (Å²) in [6.07, 6.45) is 2.24. The van der Waals surface area contributed by atoms with E-state index in [1.54, 1.807) is 0 Å². The van der Waals surface area contributed by atoms with Crippen molar-refractivity contribution in [3.05, 3.63) is 108 Å². The molecule has 0 N–H and O–H groups in total. The number of nitrogens with zero attached hydrogens (tertiary/aromatic N) is 2. The Kier molecular flexibility index (Phi) is 3.56. The molecule has 0 saturated heterocycles. The summed E-state index contributed by atoms with van der Waals surface area (Å²) in [4.78, 5) is 5.25. The third-order valence-electron chi connectivity index (χ3n) is 7.75. The molecule has 0 unspecified atom stereocenters. The van der Waals surface area contributed by atoms with Gasteiger partial charge in [-0.15, -0.1) is 0 Å². The van der Waals surface area contributed by atoms with E-state index >= 15 is 0 Å². The number of hydrogen-bond acceptors (Lipinski definition) is 1. The summed E-state index contributed by atoms with van der Waals surface area (Å²) in [5.41, 5.74) is 7.01. The molecule has 8 aromatic rings. The number of aryl methyl sites for hydroxylation is 2. The maximum absolute atomic E-state index is 5.25. The van der Waals surface area contributed by atoms with Crippen molar-refractivity contribution in [2.75, 3.05) is 0 Å². The maximum Gasteiger partial charge on any atom is 0.145 e. The monoisotopic (exact) mass is 446 g/mol. The third-order valence-corrected chi connectivity index (χ3v) is 7.75. The average Bonchev–Trinajstić information content (AvgIpc) is 3.31. The molecule has 2 heteroatoms. The van der Waals surface area contributed by atoms with Crippen LogP contribution in [0.3, 0.4) is 0 Å². The molecule has 164 valence electrons. The molecule has 0 radical (unpaired) electrons. The molecule has 0 atom stereocenters. The van der Waals surface area contributed by atoms with Gasteiger partial charge in [-0.1, -0.05) is 72.8 Å². The molecule has 0 fully saturated rings. The van der Waals surface area contributed by atoms with Crippen molar-refractivity contribution in [1.82, 2.24) is 9.38 Å². The minimum Gasteiger partial charge on any atom is -0.298 e. The smallest absolute Gasteiger partial charge is 0.145 e. The van der Waals surface area contributed by atoms with Crippen LogP contribution in [0.4, 0.5) is 0 Å². The van der Waals surface area contributed by atoms with Crippen molar-refractivity contribution in [1.29, 1.82) is 0 Å². The fraction of sp³-hybridized carbons (Fsp3) is 0.0606. The largest absolute Gasteiger partial charge is 0.298 e. The Bertz CT molecular complexity index is 2110. The van der Waals surface area contributed by atoms with Crippen molar-refractivity contribution in [3.8, 4) is 11.3 Å². The number of imidazole rings is 1. The molecule has 0 aliphatic carbocycles. The molecule has 0 amide bonds. The molecule has 2 nitrogen and oxygen atoms in total. The second-order valence-electron chi connectivity index (χ2n) is 9.79. The number of fused-ring (bicyclic) bond motifs is 6. The predicted octanol–water partition coefficient (Wildman–Crippen LogP) is 8.82. The second kappa shape index (κ2) is 6.58. The first-order chi connectivity index (χ1) is 17.2. The topological polar surface area (TPSA) is 17.3 Å². The number of aromatic nitrogens is 2. The number of pyridine rings is 1. The zero-order chi connectivity index (χ0) is 23.3. The minimum absolute atomic E-state index is 1.02. The Morgan fingerprint density at radius 3 is 2.14 bits per heavy atom. The van der Waals surface area contributed by atoms with Gasteiger partial charge < -0.3 is 0 Å². The van der Waals surface area contributed by atoms with Crippen LogP contribution >= 0.6 is 0 Å². The van der Waals surface area contributed by atoms with Crippen LogP contribution in [-0.2, 0) is 0 Å². The summed E-state index contributed by atoms with van der Waals surface area (Å²) in [7, 11) is 0. The van der Waals surface area contributed by atoms with E-state index in [-0.39, 0.29) is 0 Å². The van der Waals surface area contributed by atoms with Crippen LogP contribution < -0.4 is 0 Å². The molecule has 0 aliphatic heterocycles. The number of rotatable bonds is 1. The third kappa shape index (κ3) is 2.46. The maximum atomic E-state index is 5.25. The Balaban J connectivity index is 1.62. The van der Waals surface area contributed by atoms with Gasteiger partial charge in [0.15, 0.2) is 0 Å². The van der Waals surface area contributed by atoms with E-state index < -0.39 is 0 Å². The fourth-order valence-corrected chi connectivity index (χ4v) is 6.17. The van der Waals surface area contributed by atoms with Gasteiger partial charge in [0.05, 0.1) is 11.2 Å². The quantitative estimate of drug-likeness (QED) is 0.182. The van der Waals surface area contributed by atoms with Crippen LogP contribution in [0.25, 0.3) is 70.9 Å². The van der Waals surface area contributed by atoms with Crippen molar-refractivity contribution in [2.24, 2.45) is 0 Å². The van der Waals surface area contributed by atoms with E-state index in [1.165, 1.54) is 70.7 Å². The highest BCUT2D eigenvalue weighted by Gasteiger charge is 2.19. The molecule has 2 heterocycles. The summed E-state index contributed by atoms with van der Waals surface area (Å²) < 4.78 is 2.32. The molecule has 2 aromatic heterocycles. The summed E-state index contributed by atoms with van der Waals surface area (Å²) in [6, 6.07) is 33.3. The lowest BCUT2D eigenvalue weighted by Crippen LogP contribution is -1.93. The van der Waals surface area contributed by atoms with Crippen LogP contribution in [0.2, 0.25) is 0 Å². The molecular weight excluding hydrogens is 424 g/mol. The molecule has 0 saturated carbocycles. The van der Waals surface area contributed by atoms with Gasteiger partial charge in [-0.2, -0.15) is 0 Å². The first kappa shape index (κ1) is 18.9. The zero-order valence-electron chi connectivity index (χ0n) is 19.6. The Morgan fingerprint density at radius 2 is 1.31 bits per heavy atom. The van der Waals surface area contributed by atoms with Crippen LogP contribution in [0.1, 0.15) is 11.1 Å². The van der Waals surface area contributed by atoms with E-state index in [2.05, 4.69) is 115 Å². The van der Waals surface area contributed by atoms with Crippen LogP contribution in [0.15, 0.2) is 97.2 Å². The van der Waals surface area contributed by atoms with E-state index in [4.69, 9.17) is 4.98 Å². The second-order valence-corrected chi connectivity index (χ2v) is 9.79. The van der Waals surface area contributed by atoms with Gasteiger partial charge in [-0.25, -0.2) is 4.98 Å². The van der Waals surface area contributed by atoms with E-state index in [0.29, 0.717) is 0 Å². The van der Waals surface area contributed by atoms with E-state index in [0.717, 1.165) is 11.3 Å². The highest BCUT2D eigenvalue weighted by Crippen LogP contribution is 2.42. The Hall–Kier alpha value is -4.43. The highest BCUT2D eigenvalue weighted by atomic mass is 15.0. The van der Waals surface area contributed by atoms with Crippen LogP contribution in [0, 0.1) is 13.8 Å². The standard InChI is InChI=1S/C33H22N2/c1-19-7-5-8-20(2)30(19)28-18-35-29-17-24-15-22-9-3-4-10-23(22)16-27(24)25-14-13-21-11-6-12-26(33(35)34-28)31(21)32(25)29/h3-18H,1-2H3. The SMILES string of the molecule is Cc1cccc(C)c1-c1cn2c3cc4cc5ccccc5cc4c4ccc5cccc(c5c43)c2n1. The van der Waals surface area contributed by atoms with Gasteiger partial charge in [0.2, 0.25) is 0 Å². The lowest BCUT2D eigenvalue weighted by atomic mass is 9.92. The van der Waals surface area contributed by atoms with Crippen LogP contribution in [0.5, 0.6) is 0 Å². The van der Waals surface area contributed by atoms with E-state index in [1.807, 2.05) is 0 Å². The molecule has 0 aliphatic rings. The zero-order valence-corrected chi connectivity index (χ0v) is 19.6. The predicted molar refractivity (Wildman–Crippen MR) is 149 cm³/mol. The Morgan fingerprint density at radius 1 is 0.571 bits per heavy atom. The number of hydrogen-bond donors (Lipinski definition) is 0. The molecule has 8 rings (SSSR count). The molecule has 0 spiro atoms. The average molecular weight is 447 g/mol. The van der Waals surface area contributed by atoms with E-state index in [9.17, 15) is 0 Å². The number of benzene rings is 6. The van der Waals surface area contributed by atoms with Gasteiger partial charge >= 0.3 is 0 Å². The summed E-state index contributed by atoms with van der Waals surface area (Å²) in [5.74, 6) is 0. The fourth-order valence-electron chi connectivity index (χ4n) is 6.17. The molecule has 6 aromatic carbocycles. The van der Waals surface area contributed by atoms with Crippen molar-refractivity contribution >= 4 is 59.6 Å². The van der Waals surface area contributed by atoms with Gasteiger partial charge in [0, 0.05) is 27.9 Å². The normalized spacial score (nSPS) is 12.3. The first-order valence-electron chi connectivity index (χ1n) is 12.1. The lowest BCUT2D eigenvalue weighted by molar-refractivity contribution is 1.28. The van der Waals surface area contributed by atoms with Crippen LogP contribution in [-0.4, -0.2) is 9.38 Å².